The summed E-state index contributed by atoms with van der Waals surface area (Å²) in [5.74, 6) is -1.19. The lowest BCUT2D eigenvalue weighted by molar-refractivity contribution is -0.137. The molecule has 0 aromatic heterocycles. The fourth-order valence-corrected chi connectivity index (χ4v) is 5.03. The average Bonchev–Trinajstić information content (AvgIpc) is 3.32. The van der Waals surface area contributed by atoms with Gasteiger partial charge in [0, 0.05) is 43.0 Å². The van der Waals surface area contributed by atoms with Gasteiger partial charge < -0.3 is 29.9 Å². The predicted molar refractivity (Wildman–Crippen MR) is 135 cm³/mol. The van der Waals surface area contributed by atoms with Crippen LogP contribution in [-0.2, 0) is 15.7 Å². The van der Waals surface area contributed by atoms with E-state index in [0.717, 1.165) is 24.3 Å². The number of hydrogen-bond acceptors (Lipinski definition) is 6. The minimum Gasteiger partial charge on any atom is -0.486 e. The van der Waals surface area contributed by atoms with Crippen LogP contribution in [0, 0.1) is 0 Å². The first-order valence-corrected chi connectivity index (χ1v) is 12.8. The first-order chi connectivity index (χ1) is 18.7. The molecule has 0 spiro atoms. The van der Waals surface area contributed by atoms with Crippen molar-refractivity contribution in [3.05, 3.63) is 76.9 Å². The molecule has 39 heavy (non-hydrogen) atoms. The van der Waals surface area contributed by atoms with Crippen molar-refractivity contribution in [3.63, 3.8) is 0 Å². The Balaban J connectivity index is 1.72. The van der Waals surface area contributed by atoms with Crippen molar-refractivity contribution >= 4 is 11.8 Å². The number of para-hydroxylation sites is 1. The summed E-state index contributed by atoms with van der Waals surface area (Å²) in [6, 6.07) is 9.92. The molecule has 210 valence electrons. The normalized spacial score (nSPS) is 21.8. The van der Waals surface area contributed by atoms with Gasteiger partial charge in [0.1, 0.15) is 18.0 Å². The lowest BCUT2D eigenvalue weighted by atomic mass is 9.77. The highest BCUT2D eigenvalue weighted by molar-refractivity contribution is 5.97. The van der Waals surface area contributed by atoms with Crippen LogP contribution in [0.4, 0.5) is 13.2 Å². The largest absolute Gasteiger partial charge is 0.486 e. The molecule has 0 unspecified atom stereocenters. The van der Waals surface area contributed by atoms with Crippen LogP contribution in [0.2, 0.25) is 0 Å². The van der Waals surface area contributed by atoms with Crippen LogP contribution in [0.3, 0.4) is 0 Å². The van der Waals surface area contributed by atoms with Crippen molar-refractivity contribution in [1.29, 1.82) is 0 Å². The smallest absolute Gasteiger partial charge is 0.416 e. The summed E-state index contributed by atoms with van der Waals surface area (Å²) in [6.07, 6.45) is -4.78. The van der Waals surface area contributed by atoms with E-state index in [1.807, 2.05) is 6.92 Å². The number of carbonyl (C=O) groups is 2. The molecule has 11 heteroatoms. The summed E-state index contributed by atoms with van der Waals surface area (Å²) in [5.41, 5.74) is 0.0949. The van der Waals surface area contributed by atoms with E-state index >= 15 is 0 Å². The van der Waals surface area contributed by atoms with Crippen molar-refractivity contribution in [3.8, 4) is 5.75 Å². The van der Waals surface area contributed by atoms with E-state index in [-0.39, 0.29) is 30.8 Å². The monoisotopic (exact) mass is 548 g/mol. The molecule has 1 aliphatic heterocycles. The summed E-state index contributed by atoms with van der Waals surface area (Å²) in [7, 11) is 0. The predicted octanol–water partition coefficient (Wildman–Crippen LogP) is 2.90. The van der Waals surface area contributed by atoms with E-state index in [9.17, 15) is 33.0 Å². The molecule has 0 saturated heterocycles. The van der Waals surface area contributed by atoms with E-state index in [1.165, 1.54) is 11.0 Å². The number of hydrogen-bond donors (Lipinski definition) is 3. The third-order valence-electron chi connectivity index (χ3n) is 6.85. The number of amides is 2. The molecular formula is C28H31F3N2O6. The first-order valence-electron chi connectivity index (χ1n) is 12.8. The maximum atomic E-state index is 13.7. The number of carbonyl (C=O) groups excluding carboxylic acids is 2. The molecule has 2 aliphatic rings. The quantitative estimate of drug-likeness (QED) is 0.394. The number of nitrogens with zero attached hydrogens (tertiary/aromatic N) is 1. The van der Waals surface area contributed by atoms with E-state index in [0.29, 0.717) is 30.9 Å². The van der Waals surface area contributed by atoms with Gasteiger partial charge in [-0.1, -0.05) is 18.2 Å². The Hall–Kier alpha value is -3.41. The maximum Gasteiger partial charge on any atom is 0.416 e. The minimum atomic E-state index is -4.55. The molecule has 2 amide bonds. The second-order valence-electron chi connectivity index (χ2n) is 9.30. The van der Waals surface area contributed by atoms with Crippen molar-refractivity contribution < 1.29 is 42.4 Å². The number of nitrogens with one attached hydrogen (secondary N) is 1. The molecule has 0 fully saturated rings. The summed E-state index contributed by atoms with van der Waals surface area (Å²) in [6.45, 7) is 2.44. The molecule has 2 aromatic rings. The second kappa shape index (κ2) is 12.2. The standard InChI is InChI=1S/C28H31F3N2O6/c1-2-38-15-5-13-33(27(37)17-8-10-18(11-9-17)28(29,30)31)21-16-20(26(36)32-12-14-34)23-19-6-3-4-7-22(19)39-25(23)24(21)35/h3-4,6-11,16,21,23-25,34-35H,2,5,12-15H2,1H3,(H,32,36)/t21-,23+,24+,25+/m1/s1. The molecule has 8 nitrogen and oxygen atoms in total. The van der Waals surface area contributed by atoms with E-state index in [1.54, 1.807) is 24.3 Å². The zero-order valence-electron chi connectivity index (χ0n) is 21.4. The summed E-state index contributed by atoms with van der Waals surface area (Å²) in [4.78, 5) is 28.2. The lowest BCUT2D eigenvalue weighted by Gasteiger charge is -2.40. The fraction of sp³-hybridized carbons (Fsp3) is 0.429. The number of fused-ring (bicyclic) bond motifs is 3. The summed E-state index contributed by atoms with van der Waals surface area (Å²) < 4.78 is 50.7. The Bertz CT molecular complexity index is 1200. The van der Waals surface area contributed by atoms with Crippen LogP contribution in [0.25, 0.3) is 0 Å². The number of aliphatic hydroxyl groups is 2. The van der Waals surface area contributed by atoms with E-state index in [4.69, 9.17) is 9.47 Å². The molecule has 2 aromatic carbocycles. The molecule has 1 aliphatic carbocycles. The number of ether oxygens (including phenoxy) is 2. The van der Waals surface area contributed by atoms with E-state index < -0.39 is 47.7 Å². The van der Waals surface area contributed by atoms with Crippen LogP contribution in [-0.4, -0.2) is 78.1 Å². The second-order valence-corrected chi connectivity index (χ2v) is 9.30. The number of halogens is 3. The fourth-order valence-electron chi connectivity index (χ4n) is 5.03. The zero-order chi connectivity index (χ0) is 28.2. The average molecular weight is 549 g/mol. The Kier molecular flexibility index (Phi) is 8.94. The van der Waals surface area contributed by atoms with Gasteiger partial charge in [0.25, 0.3) is 5.91 Å². The van der Waals surface area contributed by atoms with Gasteiger partial charge >= 0.3 is 6.18 Å². The van der Waals surface area contributed by atoms with Crippen molar-refractivity contribution in [2.45, 2.75) is 43.7 Å². The van der Waals surface area contributed by atoms with Crippen LogP contribution in [0.15, 0.2) is 60.2 Å². The molecule has 4 rings (SSSR count). The third kappa shape index (κ3) is 6.10. The molecular weight excluding hydrogens is 517 g/mol. The summed E-state index contributed by atoms with van der Waals surface area (Å²) in [5, 5.41) is 23.3. The minimum absolute atomic E-state index is 0.00374. The Morgan fingerprint density at radius 2 is 1.85 bits per heavy atom. The molecule has 0 radical (unpaired) electrons. The molecule has 1 heterocycles. The number of aliphatic hydroxyl groups excluding tert-OH is 2. The lowest BCUT2D eigenvalue weighted by Crippen LogP contribution is -2.56. The zero-order valence-corrected chi connectivity index (χ0v) is 21.4. The third-order valence-corrected chi connectivity index (χ3v) is 6.85. The molecule has 0 saturated carbocycles. The van der Waals surface area contributed by atoms with Gasteiger partial charge in [-0.05, 0) is 49.8 Å². The number of alkyl halides is 3. The SMILES string of the molecule is CCOCCCN(C(=O)c1ccc(C(F)(F)F)cc1)[C@@H]1C=C(C(=O)NCCO)[C@@H]2c3ccccc3O[C@@H]2[C@H]1O. The van der Waals surface area contributed by atoms with Gasteiger partial charge in [-0.2, -0.15) is 13.2 Å². The van der Waals surface area contributed by atoms with Gasteiger partial charge in [0.05, 0.1) is 24.1 Å². The van der Waals surface area contributed by atoms with Crippen molar-refractivity contribution in [1.82, 2.24) is 10.2 Å². The topological polar surface area (TPSA) is 108 Å². The van der Waals surface area contributed by atoms with Gasteiger partial charge in [-0.3, -0.25) is 9.59 Å². The molecule has 0 bridgehead atoms. The van der Waals surface area contributed by atoms with Crippen molar-refractivity contribution in [2.75, 3.05) is 32.9 Å². The molecule has 3 N–H and O–H groups in total. The van der Waals surface area contributed by atoms with Crippen LogP contribution in [0.5, 0.6) is 5.75 Å². The highest BCUT2D eigenvalue weighted by Gasteiger charge is 2.50. The Morgan fingerprint density at radius 1 is 1.13 bits per heavy atom. The Labute approximate surface area is 224 Å². The maximum absolute atomic E-state index is 13.7. The van der Waals surface area contributed by atoms with Crippen molar-refractivity contribution in [2.24, 2.45) is 0 Å². The molecule has 4 atom stereocenters. The van der Waals surface area contributed by atoms with E-state index in [2.05, 4.69) is 5.32 Å². The number of rotatable bonds is 10. The highest BCUT2D eigenvalue weighted by Crippen LogP contribution is 2.47. The Morgan fingerprint density at radius 3 is 2.51 bits per heavy atom. The van der Waals surface area contributed by atoms with Gasteiger partial charge in [-0.25, -0.2) is 0 Å². The first kappa shape index (κ1) is 28.6. The highest BCUT2D eigenvalue weighted by atomic mass is 19.4. The van der Waals surface area contributed by atoms with Crippen LogP contribution < -0.4 is 10.1 Å². The van der Waals surface area contributed by atoms with Crippen LogP contribution >= 0.6 is 0 Å². The van der Waals surface area contributed by atoms with Crippen LogP contribution in [0.1, 0.15) is 40.7 Å². The van der Waals surface area contributed by atoms with Gasteiger partial charge in [-0.15, -0.1) is 0 Å². The van der Waals surface area contributed by atoms with Gasteiger partial charge in [0.2, 0.25) is 5.91 Å². The van der Waals surface area contributed by atoms with Gasteiger partial charge in [0.15, 0.2) is 0 Å². The number of benzene rings is 2. The summed E-state index contributed by atoms with van der Waals surface area (Å²) >= 11 is 0.